The largest absolute Gasteiger partial charge is 0.496 e. The highest BCUT2D eigenvalue weighted by Gasteiger charge is 2.36. The topological polar surface area (TPSA) is 90.3 Å². The van der Waals surface area contributed by atoms with Crippen LogP contribution >= 0.6 is 0 Å². The van der Waals surface area contributed by atoms with Gasteiger partial charge in [0.15, 0.2) is 5.82 Å². The van der Waals surface area contributed by atoms with E-state index in [1.165, 1.54) is 0 Å². The van der Waals surface area contributed by atoms with Crippen molar-refractivity contribution < 1.29 is 14.3 Å². The molecule has 0 saturated heterocycles. The van der Waals surface area contributed by atoms with Crippen LogP contribution in [0.4, 0.5) is 11.6 Å². The number of carbonyl (C=O) groups excluding carboxylic acids is 1. The van der Waals surface area contributed by atoms with Gasteiger partial charge in [0.25, 0.3) is 5.91 Å². The van der Waals surface area contributed by atoms with Gasteiger partial charge in [-0.1, -0.05) is 60.2 Å². The summed E-state index contributed by atoms with van der Waals surface area (Å²) in [5, 5.41) is 11.1. The number of hydrogen-bond acceptors (Lipinski definition) is 6. The summed E-state index contributed by atoms with van der Waals surface area (Å²) in [5.74, 6) is 2.06. The molecule has 3 aromatic carbocycles. The van der Waals surface area contributed by atoms with Crippen molar-refractivity contribution in [1.29, 1.82) is 0 Å². The molecule has 8 heteroatoms. The first kappa shape index (κ1) is 23.2. The van der Waals surface area contributed by atoms with Gasteiger partial charge in [-0.05, 0) is 32.0 Å². The van der Waals surface area contributed by atoms with E-state index in [1.807, 2.05) is 74.5 Å². The zero-order chi connectivity index (χ0) is 25.2. The molecule has 2 heterocycles. The summed E-state index contributed by atoms with van der Waals surface area (Å²) in [4.78, 5) is 18.5. The van der Waals surface area contributed by atoms with Crippen molar-refractivity contribution in [2.45, 2.75) is 19.9 Å². The maximum Gasteiger partial charge on any atom is 0.255 e. The van der Waals surface area contributed by atoms with Gasteiger partial charge in [-0.3, -0.25) is 4.79 Å². The van der Waals surface area contributed by atoms with Crippen molar-refractivity contribution in [3.05, 3.63) is 95.2 Å². The number of anilines is 2. The third-order valence-electron chi connectivity index (χ3n) is 6.20. The molecular weight excluding hydrogens is 454 g/mol. The van der Waals surface area contributed by atoms with E-state index in [0.29, 0.717) is 40.2 Å². The smallest absolute Gasteiger partial charge is 0.255 e. The Hall–Kier alpha value is -4.59. The molecule has 0 spiro atoms. The molecule has 1 unspecified atom stereocenters. The van der Waals surface area contributed by atoms with Crippen molar-refractivity contribution in [1.82, 2.24) is 14.8 Å². The molecular formula is C28H27N5O3. The molecule has 182 valence electrons. The summed E-state index contributed by atoms with van der Waals surface area (Å²) in [6.07, 6.45) is 0. The molecule has 1 aliphatic rings. The van der Waals surface area contributed by atoms with Crippen LogP contribution in [0.15, 0.2) is 84.1 Å². The molecule has 4 aromatic rings. The van der Waals surface area contributed by atoms with E-state index in [2.05, 4.69) is 10.6 Å². The Bertz CT molecular complexity index is 1460. The molecule has 0 fully saturated rings. The summed E-state index contributed by atoms with van der Waals surface area (Å²) >= 11 is 0. The molecule has 1 aliphatic heterocycles. The van der Waals surface area contributed by atoms with E-state index in [-0.39, 0.29) is 5.91 Å². The average Bonchev–Trinajstić information content (AvgIpc) is 3.32. The first-order valence-corrected chi connectivity index (χ1v) is 11.6. The minimum Gasteiger partial charge on any atom is -0.496 e. The van der Waals surface area contributed by atoms with Gasteiger partial charge in [0.2, 0.25) is 5.95 Å². The normalized spacial score (nSPS) is 14.6. The number of aromatic nitrogens is 3. The van der Waals surface area contributed by atoms with Gasteiger partial charge < -0.3 is 20.1 Å². The van der Waals surface area contributed by atoms with E-state index in [9.17, 15) is 4.79 Å². The van der Waals surface area contributed by atoms with E-state index >= 15 is 0 Å². The van der Waals surface area contributed by atoms with Crippen molar-refractivity contribution in [2.24, 2.45) is 0 Å². The van der Waals surface area contributed by atoms with Crippen LogP contribution in [-0.4, -0.2) is 34.9 Å². The van der Waals surface area contributed by atoms with Crippen LogP contribution in [0, 0.1) is 6.92 Å². The highest BCUT2D eigenvalue weighted by Crippen LogP contribution is 2.40. The van der Waals surface area contributed by atoms with Gasteiger partial charge in [-0.2, -0.15) is 4.98 Å². The second kappa shape index (κ2) is 9.58. The number of nitrogens with zero attached hydrogens (tertiary/aromatic N) is 3. The molecule has 0 aliphatic carbocycles. The highest BCUT2D eigenvalue weighted by atomic mass is 16.5. The molecule has 8 nitrogen and oxygen atoms in total. The quantitative estimate of drug-likeness (QED) is 0.394. The average molecular weight is 482 g/mol. The standard InChI is InChI=1S/C28H27N5O3/c1-17-13-15-19(16-14-17)26-31-28-29-18(2)24(27(34)30-21-10-6-8-12-23(21)36-4)25(33(28)32-26)20-9-5-7-11-22(20)35-3/h5-16,25H,1-4H3,(H,30,34)(H,29,31,32). The predicted molar refractivity (Wildman–Crippen MR) is 139 cm³/mol. The van der Waals surface area contributed by atoms with Gasteiger partial charge in [0, 0.05) is 16.8 Å². The lowest BCUT2D eigenvalue weighted by molar-refractivity contribution is -0.113. The number of ether oxygens (including phenoxy) is 2. The second-order valence-corrected chi connectivity index (χ2v) is 8.53. The number of amides is 1. The Morgan fingerprint density at radius 3 is 2.31 bits per heavy atom. The lowest BCUT2D eigenvalue weighted by Crippen LogP contribution is -2.31. The lowest BCUT2D eigenvalue weighted by Gasteiger charge is -2.29. The number of allylic oxidation sites excluding steroid dienone is 1. The van der Waals surface area contributed by atoms with Crippen LogP contribution in [-0.2, 0) is 4.79 Å². The van der Waals surface area contributed by atoms with Crippen LogP contribution in [0.3, 0.4) is 0 Å². The number of benzene rings is 3. The molecule has 1 atom stereocenters. The maximum atomic E-state index is 13.8. The maximum absolute atomic E-state index is 13.8. The number of nitrogens with one attached hydrogen (secondary N) is 2. The van der Waals surface area contributed by atoms with Crippen LogP contribution in [0.5, 0.6) is 11.5 Å². The minimum atomic E-state index is -0.571. The first-order valence-electron chi connectivity index (χ1n) is 11.6. The Morgan fingerprint density at radius 2 is 1.58 bits per heavy atom. The first-order chi connectivity index (χ1) is 17.5. The molecule has 2 N–H and O–H groups in total. The fraction of sp³-hybridized carbons (Fsp3) is 0.179. The summed E-state index contributed by atoms with van der Waals surface area (Å²) in [7, 11) is 3.19. The van der Waals surface area contributed by atoms with Crippen LogP contribution in [0.1, 0.15) is 24.1 Å². The third kappa shape index (κ3) is 4.17. The zero-order valence-electron chi connectivity index (χ0n) is 20.6. The number of methoxy groups -OCH3 is 2. The summed E-state index contributed by atoms with van der Waals surface area (Å²) in [6.45, 7) is 3.90. The zero-order valence-corrected chi connectivity index (χ0v) is 20.6. The number of fused-ring (bicyclic) bond motifs is 1. The minimum absolute atomic E-state index is 0.279. The molecule has 5 rings (SSSR count). The summed E-state index contributed by atoms with van der Waals surface area (Å²) in [6, 6.07) is 22.4. The number of carbonyl (C=O) groups is 1. The molecule has 0 bridgehead atoms. The third-order valence-corrected chi connectivity index (χ3v) is 6.20. The van der Waals surface area contributed by atoms with Crippen molar-refractivity contribution in [3.63, 3.8) is 0 Å². The van der Waals surface area contributed by atoms with Crippen molar-refractivity contribution in [2.75, 3.05) is 24.9 Å². The molecule has 0 saturated carbocycles. The number of rotatable bonds is 6. The SMILES string of the molecule is COc1ccccc1NC(=O)C1=C(C)Nc2nc(-c3ccc(C)cc3)nn2C1c1ccccc1OC. The Morgan fingerprint density at radius 1 is 0.917 bits per heavy atom. The van der Waals surface area contributed by atoms with Gasteiger partial charge >= 0.3 is 0 Å². The van der Waals surface area contributed by atoms with Crippen LogP contribution in [0.25, 0.3) is 11.4 Å². The van der Waals surface area contributed by atoms with E-state index in [1.54, 1.807) is 31.0 Å². The van der Waals surface area contributed by atoms with Crippen LogP contribution < -0.4 is 20.1 Å². The molecule has 36 heavy (non-hydrogen) atoms. The number of para-hydroxylation sites is 3. The van der Waals surface area contributed by atoms with Gasteiger partial charge in [0.1, 0.15) is 17.5 Å². The van der Waals surface area contributed by atoms with E-state index in [0.717, 1.165) is 16.7 Å². The monoisotopic (exact) mass is 481 g/mol. The van der Waals surface area contributed by atoms with Crippen molar-refractivity contribution in [3.8, 4) is 22.9 Å². The fourth-order valence-electron chi connectivity index (χ4n) is 4.39. The summed E-state index contributed by atoms with van der Waals surface area (Å²) in [5.41, 5.74) is 4.59. The number of aryl methyl sites for hydroxylation is 1. The Labute approximate surface area is 209 Å². The lowest BCUT2D eigenvalue weighted by atomic mass is 9.94. The fourth-order valence-corrected chi connectivity index (χ4v) is 4.39. The molecule has 0 radical (unpaired) electrons. The van der Waals surface area contributed by atoms with Crippen LogP contribution in [0.2, 0.25) is 0 Å². The summed E-state index contributed by atoms with van der Waals surface area (Å²) < 4.78 is 12.9. The van der Waals surface area contributed by atoms with Gasteiger partial charge in [0.05, 0.1) is 25.5 Å². The van der Waals surface area contributed by atoms with Gasteiger partial charge in [-0.15, -0.1) is 5.10 Å². The van der Waals surface area contributed by atoms with Gasteiger partial charge in [-0.25, -0.2) is 4.68 Å². The second-order valence-electron chi connectivity index (χ2n) is 8.53. The van der Waals surface area contributed by atoms with Crippen molar-refractivity contribution >= 4 is 17.5 Å². The highest BCUT2D eigenvalue weighted by molar-refractivity contribution is 6.06. The molecule has 1 amide bonds. The number of hydrogen-bond donors (Lipinski definition) is 2. The van der Waals surface area contributed by atoms with E-state index in [4.69, 9.17) is 19.6 Å². The Kier molecular flexibility index (Phi) is 6.16. The Balaban J connectivity index is 1.63. The predicted octanol–water partition coefficient (Wildman–Crippen LogP) is 5.20. The van der Waals surface area contributed by atoms with E-state index < -0.39 is 6.04 Å². The molecule has 1 aromatic heterocycles.